The summed E-state index contributed by atoms with van der Waals surface area (Å²) in [5, 5.41) is 13.0. The van der Waals surface area contributed by atoms with Gasteiger partial charge in [0, 0.05) is 6.54 Å². The summed E-state index contributed by atoms with van der Waals surface area (Å²) in [6.45, 7) is 0.565. The van der Waals surface area contributed by atoms with Gasteiger partial charge in [-0.3, -0.25) is 14.5 Å². The van der Waals surface area contributed by atoms with E-state index in [1.807, 2.05) is 18.2 Å². The summed E-state index contributed by atoms with van der Waals surface area (Å²) in [4.78, 5) is 29.0. The normalized spacial score (nSPS) is 10.9. The highest BCUT2D eigenvalue weighted by Crippen LogP contribution is 2.09. The molecule has 0 radical (unpaired) electrons. The van der Waals surface area contributed by atoms with Crippen LogP contribution in [0, 0.1) is 0 Å². The van der Waals surface area contributed by atoms with Gasteiger partial charge < -0.3 is 5.11 Å². The van der Waals surface area contributed by atoms with Gasteiger partial charge in [-0.25, -0.2) is 9.78 Å². The third-order valence-corrected chi connectivity index (χ3v) is 3.38. The van der Waals surface area contributed by atoms with Crippen LogP contribution in [0.1, 0.15) is 22.6 Å². The average Bonchev–Trinajstić information content (AvgIpc) is 2.92. The van der Waals surface area contributed by atoms with Crippen LogP contribution in [0.15, 0.2) is 41.3 Å². The van der Waals surface area contributed by atoms with Crippen molar-refractivity contribution in [3.05, 3.63) is 58.3 Å². The summed E-state index contributed by atoms with van der Waals surface area (Å²) in [6.07, 6.45) is 3.11. The van der Waals surface area contributed by atoms with E-state index < -0.39 is 11.5 Å². The highest BCUT2D eigenvalue weighted by Gasteiger charge is 2.13. The monoisotopic (exact) mass is 298 g/mol. The van der Waals surface area contributed by atoms with Crippen LogP contribution in [0.4, 0.5) is 0 Å². The molecule has 2 N–H and O–H groups in total. The first-order chi connectivity index (χ1) is 10.6. The van der Waals surface area contributed by atoms with Gasteiger partial charge in [0.2, 0.25) is 5.82 Å². The molecular formula is C15H14N4O3. The molecule has 112 valence electrons. The fraction of sp³-hybridized carbons (Fsp3) is 0.200. The number of carbonyl (C=O) groups is 1. The van der Waals surface area contributed by atoms with Crippen molar-refractivity contribution in [1.82, 2.24) is 19.7 Å². The van der Waals surface area contributed by atoms with Crippen LogP contribution in [0.25, 0.3) is 11.0 Å². The average molecular weight is 298 g/mol. The van der Waals surface area contributed by atoms with E-state index in [0.717, 1.165) is 12.8 Å². The number of nitrogens with zero attached hydrogens (tertiary/aromatic N) is 3. The predicted octanol–water partition coefficient (Wildman–Crippen LogP) is 1.45. The maximum Gasteiger partial charge on any atom is 0.372 e. The molecule has 0 aliphatic rings. The zero-order chi connectivity index (χ0) is 15.5. The number of aromatic carboxylic acids is 1. The number of aryl methyl sites for hydroxylation is 2. The minimum absolute atomic E-state index is 0.292. The zero-order valence-electron chi connectivity index (χ0n) is 11.7. The Balaban J connectivity index is 1.80. The number of hydrogen-bond acceptors (Lipinski definition) is 4. The number of hydrogen-bond donors (Lipinski definition) is 2. The SMILES string of the molecule is O=C(O)c1nc2cnn(CCCc3ccccc3)c2c(=O)[nH]1. The lowest BCUT2D eigenvalue weighted by molar-refractivity contribution is 0.0683. The minimum atomic E-state index is -1.27. The minimum Gasteiger partial charge on any atom is -0.475 e. The Morgan fingerprint density at radius 2 is 2.05 bits per heavy atom. The van der Waals surface area contributed by atoms with Crippen LogP contribution >= 0.6 is 0 Å². The van der Waals surface area contributed by atoms with Gasteiger partial charge in [0.1, 0.15) is 5.52 Å². The molecule has 2 heterocycles. The molecule has 3 aromatic rings. The van der Waals surface area contributed by atoms with Crippen LogP contribution < -0.4 is 5.56 Å². The van der Waals surface area contributed by atoms with Gasteiger partial charge in [-0.1, -0.05) is 30.3 Å². The van der Waals surface area contributed by atoms with E-state index in [1.54, 1.807) is 4.68 Å². The summed E-state index contributed by atoms with van der Waals surface area (Å²) in [7, 11) is 0. The molecule has 0 fully saturated rings. The fourth-order valence-electron chi connectivity index (χ4n) is 2.35. The van der Waals surface area contributed by atoms with Gasteiger partial charge in [-0.15, -0.1) is 0 Å². The third kappa shape index (κ3) is 2.73. The lowest BCUT2D eigenvalue weighted by Crippen LogP contribution is -2.18. The van der Waals surface area contributed by atoms with E-state index in [1.165, 1.54) is 11.8 Å². The van der Waals surface area contributed by atoms with Crippen LogP contribution in [0.2, 0.25) is 0 Å². The Hall–Kier alpha value is -2.96. The van der Waals surface area contributed by atoms with E-state index in [2.05, 4.69) is 27.2 Å². The van der Waals surface area contributed by atoms with Crippen molar-refractivity contribution in [2.45, 2.75) is 19.4 Å². The Kier molecular flexibility index (Phi) is 3.69. The number of carboxylic acids is 1. The molecule has 0 aliphatic carbocycles. The van der Waals surface area contributed by atoms with Crippen LogP contribution in [-0.4, -0.2) is 30.8 Å². The summed E-state index contributed by atoms with van der Waals surface area (Å²) >= 11 is 0. The van der Waals surface area contributed by atoms with E-state index in [0.29, 0.717) is 17.6 Å². The lowest BCUT2D eigenvalue weighted by Gasteiger charge is -2.03. The first kappa shape index (κ1) is 14.0. The number of benzene rings is 1. The molecule has 3 rings (SSSR count). The summed E-state index contributed by atoms with van der Waals surface area (Å²) < 4.78 is 1.57. The standard InChI is InChI=1S/C15H14N4O3/c20-14-12-11(17-13(18-14)15(21)22)9-16-19(12)8-4-7-10-5-2-1-3-6-10/h1-3,5-6,9H,4,7-8H2,(H,21,22)(H,17,18,20). The zero-order valence-corrected chi connectivity index (χ0v) is 11.7. The van der Waals surface area contributed by atoms with Crippen molar-refractivity contribution in [1.29, 1.82) is 0 Å². The number of rotatable bonds is 5. The maximum absolute atomic E-state index is 12.0. The second kappa shape index (κ2) is 5.80. The number of aromatic nitrogens is 4. The van der Waals surface area contributed by atoms with E-state index in [-0.39, 0.29) is 5.82 Å². The van der Waals surface area contributed by atoms with E-state index in [4.69, 9.17) is 5.11 Å². The summed E-state index contributed by atoms with van der Waals surface area (Å²) in [5.41, 5.74) is 1.33. The number of fused-ring (bicyclic) bond motifs is 1. The second-order valence-corrected chi connectivity index (χ2v) is 4.91. The van der Waals surface area contributed by atoms with Crippen molar-refractivity contribution in [2.75, 3.05) is 0 Å². The third-order valence-electron chi connectivity index (χ3n) is 3.38. The molecule has 0 atom stereocenters. The molecule has 0 bridgehead atoms. The van der Waals surface area contributed by atoms with Crippen molar-refractivity contribution in [3.63, 3.8) is 0 Å². The number of carboxylic acid groups (broad SMARTS) is 1. The molecule has 22 heavy (non-hydrogen) atoms. The smallest absolute Gasteiger partial charge is 0.372 e. The molecule has 0 saturated heterocycles. The quantitative estimate of drug-likeness (QED) is 0.742. The molecule has 0 aliphatic heterocycles. The van der Waals surface area contributed by atoms with Gasteiger partial charge in [-0.2, -0.15) is 5.10 Å². The Morgan fingerprint density at radius 1 is 1.27 bits per heavy atom. The first-order valence-corrected chi connectivity index (χ1v) is 6.88. The predicted molar refractivity (Wildman–Crippen MR) is 79.9 cm³/mol. The fourth-order valence-corrected chi connectivity index (χ4v) is 2.35. The van der Waals surface area contributed by atoms with Gasteiger partial charge in [0.25, 0.3) is 5.56 Å². The molecule has 2 aromatic heterocycles. The highest BCUT2D eigenvalue weighted by atomic mass is 16.4. The second-order valence-electron chi connectivity index (χ2n) is 4.91. The largest absolute Gasteiger partial charge is 0.475 e. The number of H-pyrrole nitrogens is 1. The van der Waals surface area contributed by atoms with Crippen molar-refractivity contribution in [2.24, 2.45) is 0 Å². The van der Waals surface area contributed by atoms with Crippen molar-refractivity contribution in [3.8, 4) is 0 Å². The van der Waals surface area contributed by atoms with Crippen molar-refractivity contribution < 1.29 is 9.90 Å². The molecule has 7 nitrogen and oxygen atoms in total. The van der Waals surface area contributed by atoms with E-state index in [9.17, 15) is 9.59 Å². The van der Waals surface area contributed by atoms with Gasteiger partial charge in [-0.05, 0) is 18.4 Å². The van der Waals surface area contributed by atoms with E-state index >= 15 is 0 Å². The lowest BCUT2D eigenvalue weighted by atomic mass is 10.1. The summed E-state index contributed by atoms with van der Waals surface area (Å²) in [5.74, 6) is -1.64. The Morgan fingerprint density at radius 3 is 2.77 bits per heavy atom. The molecule has 1 aromatic carbocycles. The molecular weight excluding hydrogens is 284 g/mol. The van der Waals surface area contributed by atoms with Gasteiger partial charge in [0.05, 0.1) is 6.20 Å². The van der Waals surface area contributed by atoms with Crippen LogP contribution in [0.3, 0.4) is 0 Å². The molecule has 7 heteroatoms. The van der Waals surface area contributed by atoms with Crippen LogP contribution in [-0.2, 0) is 13.0 Å². The van der Waals surface area contributed by atoms with Crippen LogP contribution in [0.5, 0.6) is 0 Å². The maximum atomic E-state index is 12.0. The molecule has 0 spiro atoms. The molecule has 0 saturated carbocycles. The summed E-state index contributed by atoms with van der Waals surface area (Å²) in [6, 6.07) is 10.0. The Bertz CT molecular complexity index is 867. The molecule has 0 unspecified atom stereocenters. The van der Waals surface area contributed by atoms with Gasteiger partial charge in [0.15, 0.2) is 5.52 Å². The topological polar surface area (TPSA) is 101 Å². The first-order valence-electron chi connectivity index (χ1n) is 6.88. The van der Waals surface area contributed by atoms with Gasteiger partial charge >= 0.3 is 5.97 Å². The number of aromatic amines is 1. The highest BCUT2D eigenvalue weighted by molar-refractivity contribution is 5.86. The Labute approximate surface area is 125 Å². The molecule has 0 amide bonds. The number of nitrogens with one attached hydrogen (secondary N) is 1. The van der Waals surface area contributed by atoms with Crippen molar-refractivity contribution >= 4 is 17.0 Å².